The van der Waals surface area contributed by atoms with E-state index in [1.807, 2.05) is 4.68 Å². The van der Waals surface area contributed by atoms with Crippen molar-refractivity contribution in [2.75, 3.05) is 19.7 Å². The zero-order valence-electron chi connectivity index (χ0n) is 9.56. The van der Waals surface area contributed by atoms with Crippen molar-refractivity contribution in [3.63, 3.8) is 0 Å². The van der Waals surface area contributed by atoms with Crippen LogP contribution in [0.4, 0.5) is 0 Å². The maximum absolute atomic E-state index is 8.88. The van der Waals surface area contributed by atoms with Crippen molar-refractivity contribution >= 4 is 0 Å². The van der Waals surface area contributed by atoms with E-state index >= 15 is 0 Å². The van der Waals surface area contributed by atoms with Crippen LogP contribution in [0.15, 0.2) is 6.33 Å². The lowest BCUT2D eigenvalue weighted by Crippen LogP contribution is -2.27. The number of aliphatic hydroxyl groups is 1. The molecule has 86 valence electrons. The molecular formula is C10H20N4O. The number of rotatable bonds is 7. The molecule has 1 N–H and O–H groups in total. The number of aryl methyl sites for hydroxylation is 1. The molecule has 0 aliphatic heterocycles. The summed E-state index contributed by atoms with van der Waals surface area (Å²) in [6.45, 7) is 7.67. The number of hydrogen-bond donors (Lipinski definition) is 1. The van der Waals surface area contributed by atoms with Crippen molar-refractivity contribution in [2.45, 2.75) is 33.4 Å². The van der Waals surface area contributed by atoms with Gasteiger partial charge in [0.05, 0.1) is 13.2 Å². The van der Waals surface area contributed by atoms with Gasteiger partial charge in [-0.05, 0) is 13.0 Å². The average molecular weight is 212 g/mol. The van der Waals surface area contributed by atoms with Crippen molar-refractivity contribution in [1.29, 1.82) is 0 Å². The summed E-state index contributed by atoms with van der Waals surface area (Å²) in [5.41, 5.74) is 0. The number of likely N-dealkylation sites (N-methyl/N-ethyl adjacent to an activating group) is 1. The Labute approximate surface area is 90.7 Å². The van der Waals surface area contributed by atoms with E-state index in [0.29, 0.717) is 6.54 Å². The van der Waals surface area contributed by atoms with E-state index in [4.69, 9.17) is 5.11 Å². The molecule has 1 heterocycles. The molecule has 0 saturated heterocycles. The van der Waals surface area contributed by atoms with Crippen molar-refractivity contribution in [2.24, 2.45) is 0 Å². The van der Waals surface area contributed by atoms with Crippen LogP contribution in [0.2, 0.25) is 0 Å². The fourth-order valence-electron chi connectivity index (χ4n) is 1.50. The van der Waals surface area contributed by atoms with Crippen LogP contribution in [0.25, 0.3) is 0 Å². The Kier molecular flexibility index (Phi) is 5.28. The fourth-order valence-corrected chi connectivity index (χ4v) is 1.50. The molecular weight excluding hydrogens is 192 g/mol. The fraction of sp³-hybridized carbons (Fsp3) is 0.800. The van der Waals surface area contributed by atoms with Crippen LogP contribution in [0.5, 0.6) is 0 Å². The average Bonchev–Trinajstić information content (AvgIpc) is 2.66. The third-order valence-corrected chi connectivity index (χ3v) is 2.36. The van der Waals surface area contributed by atoms with Gasteiger partial charge in [-0.15, -0.1) is 0 Å². The Morgan fingerprint density at radius 2 is 2.27 bits per heavy atom. The predicted molar refractivity (Wildman–Crippen MR) is 58.3 cm³/mol. The molecule has 0 atom stereocenters. The Bertz CT molecular complexity index is 274. The Balaban J connectivity index is 2.57. The molecule has 5 nitrogen and oxygen atoms in total. The van der Waals surface area contributed by atoms with Gasteiger partial charge in [-0.1, -0.05) is 13.8 Å². The monoisotopic (exact) mass is 212 g/mol. The van der Waals surface area contributed by atoms with Gasteiger partial charge in [0, 0.05) is 13.1 Å². The van der Waals surface area contributed by atoms with Crippen molar-refractivity contribution < 1.29 is 5.11 Å². The molecule has 0 bridgehead atoms. The van der Waals surface area contributed by atoms with E-state index < -0.39 is 0 Å². The first kappa shape index (κ1) is 12.1. The third-order valence-electron chi connectivity index (χ3n) is 2.36. The van der Waals surface area contributed by atoms with Crippen molar-refractivity contribution in [1.82, 2.24) is 19.7 Å². The van der Waals surface area contributed by atoms with Gasteiger partial charge >= 0.3 is 0 Å². The summed E-state index contributed by atoms with van der Waals surface area (Å²) < 4.78 is 1.93. The summed E-state index contributed by atoms with van der Waals surface area (Å²) in [5.74, 6) is 0.979. The van der Waals surface area contributed by atoms with Crippen LogP contribution in [0, 0.1) is 0 Å². The van der Waals surface area contributed by atoms with E-state index in [1.165, 1.54) is 0 Å². The van der Waals surface area contributed by atoms with Crippen molar-refractivity contribution in [3.8, 4) is 0 Å². The zero-order valence-corrected chi connectivity index (χ0v) is 9.56. The highest BCUT2D eigenvalue weighted by molar-refractivity contribution is 4.84. The highest BCUT2D eigenvalue weighted by atomic mass is 16.3. The summed E-state index contributed by atoms with van der Waals surface area (Å²) in [6.07, 6.45) is 2.65. The second kappa shape index (κ2) is 6.53. The van der Waals surface area contributed by atoms with Crippen LogP contribution in [0.3, 0.4) is 0 Å². The SMILES string of the molecule is CCCn1ncnc1CN(CC)CCO. The topological polar surface area (TPSA) is 54.2 Å². The smallest absolute Gasteiger partial charge is 0.141 e. The maximum Gasteiger partial charge on any atom is 0.141 e. The molecule has 1 aromatic rings. The minimum absolute atomic E-state index is 0.190. The van der Waals surface area contributed by atoms with Gasteiger partial charge in [-0.2, -0.15) is 5.10 Å². The molecule has 0 fully saturated rings. The summed E-state index contributed by atoms with van der Waals surface area (Å²) in [5, 5.41) is 13.1. The molecule has 1 aromatic heterocycles. The Morgan fingerprint density at radius 3 is 2.87 bits per heavy atom. The molecule has 0 radical (unpaired) electrons. The van der Waals surface area contributed by atoms with E-state index in [-0.39, 0.29) is 6.61 Å². The molecule has 0 aliphatic carbocycles. The van der Waals surface area contributed by atoms with E-state index in [2.05, 4.69) is 28.8 Å². The number of aliphatic hydroxyl groups excluding tert-OH is 1. The standard InChI is InChI=1S/C10H20N4O/c1-3-5-14-10(11-9-12-14)8-13(4-2)6-7-15/h9,15H,3-8H2,1-2H3. The van der Waals surface area contributed by atoms with Crippen LogP contribution in [-0.2, 0) is 13.1 Å². The first-order chi connectivity index (χ1) is 7.31. The minimum Gasteiger partial charge on any atom is -0.395 e. The molecule has 0 unspecified atom stereocenters. The van der Waals surface area contributed by atoms with Crippen LogP contribution in [-0.4, -0.2) is 44.5 Å². The number of nitrogens with zero attached hydrogens (tertiary/aromatic N) is 4. The van der Waals surface area contributed by atoms with Gasteiger partial charge in [0.25, 0.3) is 0 Å². The van der Waals surface area contributed by atoms with Gasteiger partial charge in [0.15, 0.2) is 0 Å². The molecule has 15 heavy (non-hydrogen) atoms. The summed E-state index contributed by atoms with van der Waals surface area (Å²) in [6, 6.07) is 0. The van der Waals surface area contributed by atoms with Crippen LogP contribution < -0.4 is 0 Å². The normalized spacial score (nSPS) is 11.2. The van der Waals surface area contributed by atoms with E-state index in [1.54, 1.807) is 6.33 Å². The van der Waals surface area contributed by atoms with Crippen molar-refractivity contribution in [3.05, 3.63) is 12.2 Å². The summed E-state index contributed by atoms with van der Waals surface area (Å²) in [7, 11) is 0. The van der Waals surface area contributed by atoms with Gasteiger partial charge < -0.3 is 5.11 Å². The molecule has 1 rings (SSSR count). The lowest BCUT2D eigenvalue weighted by Gasteiger charge is -2.18. The molecule has 0 amide bonds. The largest absolute Gasteiger partial charge is 0.395 e. The van der Waals surface area contributed by atoms with Crippen LogP contribution >= 0.6 is 0 Å². The summed E-state index contributed by atoms with van der Waals surface area (Å²) >= 11 is 0. The Morgan fingerprint density at radius 1 is 1.47 bits per heavy atom. The quantitative estimate of drug-likeness (QED) is 0.715. The zero-order chi connectivity index (χ0) is 11.1. The lowest BCUT2D eigenvalue weighted by atomic mass is 10.4. The molecule has 0 aromatic carbocycles. The lowest BCUT2D eigenvalue weighted by molar-refractivity contribution is 0.191. The van der Waals surface area contributed by atoms with Gasteiger partial charge in [-0.25, -0.2) is 9.67 Å². The molecule has 0 saturated carbocycles. The maximum atomic E-state index is 8.88. The van der Waals surface area contributed by atoms with Gasteiger partial charge in [-0.3, -0.25) is 4.90 Å². The second-order valence-electron chi connectivity index (χ2n) is 3.49. The number of hydrogen-bond acceptors (Lipinski definition) is 4. The predicted octanol–water partition coefficient (Wildman–Crippen LogP) is 0.502. The van der Waals surface area contributed by atoms with Crippen LogP contribution in [0.1, 0.15) is 26.1 Å². The summed E-state index contributed by atoms with van der Waals surface area (Å²) in [4.78, 5) is 6.38. The number of aromatic nitrogens is 3. The minimum atomic E-state index is 0.190. The van der Waals surface area contributed by atoms with Gasteiger partial charge in [0.2, 0.25) is 0 Å². The Hall–Kier alpha value is -0.940. The molecule has 0 aliphatic rings. The second-order valence-corrected chi connectivity index (χ2v) is 3.49. The highest BCUT2D eigenvalue weighted by Crippen LogP contribution is 2.01. The molecule has 5 heteroatoms. The third kappa shape index (κ3) is 3.60. The van der Waals surface area contributed by atoms with E-state index in [0.717, 1.165) is 31.9 Å². The highest BCUT2D eigenvalue weighted by Gasteiger charge is 2.08. The van der Waals surface area contributed by atoms with Gasteiger partial charge in [0.1, 0.15) is 12.2 Å². The molecule has 0 spiro atoms. The van der Waals surface area contributed by atoms with E-state index in [9.17, 15) is 0 Å². The first-order valence-electron chi connectivity index (χ1n) is 5.51. The first-order valence-corrected chi connectivity index (χ1v) is 5.51.